The minimum absolute atomic E-state index is 0.508. The van der Waals surface area contributed by atoms with Gasteiger partial charge >= 0.3 is 0 Å². The molecule has 0 spiro atoms. The Hall–Kier alpha value is -1.75. The molecule has 1 aliphatic heterocycles. The number of rotatable bonds is 3. The van der Waals surface area contributed by atoms with E-state index in [0.717, 1.165) is 29.2 Å². The van der Waals surface area contributed by atoms with Crippen LogP contribution in [0, 0.1) is 6.92 Å². The van der Waals surface area contributed by atoms with Gasteiger partial charge in [0.1, 0.15) is 0 Å². The number of aromatic amines is 1. The van der Waals surface area contributed by atoms with Gasteiger partial charge in [0.25, 0.3) is 0 Å². The topological polar surface area (TPSA) is 57.7 Å². The Morgan fingerprint density at radius 1 is 1.24 bits per heavy atom. The minimum atomic E-state index is 0.508. The van der Waals surface area contributed by atoms with E-state index in [1.807, 2.05) is 19.3 Å². The second-order valence-electron chi connectivity index (χ2n) is 6.16. The number of nitrogens with zero attached hydrogens (tertiary/aromatic N) is 4. The number of H-pyrrole nitrogens is 1. The zero-order chi connectivity index (χ0) is 14.8. The van der Waals surface area contributed by atoms with Crippen molar-refractivity contribution in [3.05, 3.63) is 30.0 Å². The summed E-state index contributed by atoms with van der Waals surface area (Å²) in [6, 6.07) is 0.605. The summed E-state index contributed by atoms with van der Waals surface area (Å²) in [5.74, 6) is 0.508. The van der Waals surface area contributed by atoms with Crippen LogP contribution in [0.3, 0.4) is 0 Å². The first-order valence-electron chi connectivity index (χ1n) is 7.71. The molecule has 3 heterocycles. The van der Waals surface area contributed by atoms with Crippen molar-refractivity contribution in [3.63, 3.8) is 0 Å². The highest BCUT2D eigenvalue weighted by atomic mass is 15.2. The fourth-order valence-corrected chi connectivity index (χ4v) is 3.01. The number of nitrogens with one attached hydrogen (secondary N) is 1. The van der Waals surface area contributed by atoms with Gasteiger partial charge in [-0.05, 0) is 40.2 Å². The summed E-state index contributed by atoms with van der Waals surface area (Å²) < 4.78 is 0. The van der Waals surface area contributed by atoms with Crippen LogP contribution < -0.4 is 0 Å². The highest BCUT2D eigenvalue weighted by Gasteiger charge is 2.24. The average molecular weight is 285 g/mol. The minimum Gasteiger partial charge on any atom is -0.300 e. The molecule has 5 heteroatoms. The van der Waals surface area contributed by atoms with Gasteiger partial charge in [-0.15, -0.1) is 0 Å². The van der Waals surface area contributed by atoms with Gasteiger partial charge < -0.3 is 4.90 Å². The molecule has 1 aliphatic rings. The van der Waals surface area contributed by atoms with Crippen molar-refractivity contribution in [2.24, 2.45) is 0 Å². The molecule has 1 fully saturated rings. The third kappa shape index (κ3) is 2.97. The van der Waals surface area contributed by atoms with Crippen molar-refractivity contribution >= 4 is 0 Å². The van der Waals surface area contributed by atoms with Crippen molar-refractivity contribution in [2.45, 2.75) is 45.6 Å². The Morgan fingerprint density at radius 2 is 2.10 bits per heavy atom. The van der Waals surface area contributed by atoms with Gasteiger partial charge in [-0.25, -0.2) is 0 Å². The van der Waals surface area contributed by atoms with Crippen molar-refractivity contribution in [1.82, 2.24) is 25.1 Å². The molecule has 1 saturated heterocycles. The third-order valence-corrected chi connectivity index (χ3v) is 4.38. The summed E-state index contributed by atoms with van der Waals surface area (Å²) >= 11 is 0. The summed E-state index contributed by atoms with van der Waals surface area (Å²) in [5, 5.41) is 6.98. The maximum atomic E-state index is 4.66. The number of aromatic nitrogens is 4. The summed E-state index contributed by atoms with van der Waals surface area (Å²) in [6.07, 6.45) is 8.08. The molecule has 0 bridgehead atoms. The largest absolute Gasteiger partial charge is 0.300 e. The molecule has 0 radical (unpaired) electrons. The molecular weight excluding hydrogens is 262 g/mol. The molecule has 0 aliphatic carbocycles. The summed E-state index contributed by atoms with van der Waals surface area (Å²) in [5.41, 5.74) is 4.06. The maximum Gasteiger partial charge on any atom is 0.0919 e. The standard InChI is InChI=1S/C16H23N5/c1-11(2)21-6-4-5-13(10-21)15-8-18-16(9-17-15)14-7-19-20-12(14)3/h7-9,11,13H,4-6,10H2,1-3H3,(H,19,20)/t13-/m0/s1. The Balaban J connectivity index is 1.76. The summed E-state index contributed by atoms with van der Waals surface area (Å²) in [6.45, 7) is 8.82. The third-order valence-electron chi connectivity index (χ3n) is 4.38. The molecular formula is C16H23N5. The van der Waals surface area contributed by atoms with E-state index in [1.54, 1.807) is 6.20 Å². The van der Waals surface area contributed by atoms with Crippen LogP contribution in [-0.2, 0) is 0 Å². The Bertz CT molecular complexity index is 587. The van der Waals surface area contributed by atoms with Gasteiger partial charge in [0.15, 0.2) is 0 Å². The second kappa shape index (κ2) is 5.93. The molecule has 2 aromatic heterocycles. The molecule has 2 aromatic rings. The fraction of sp³-hybridized carbons (Fsp3) is 0.562. The lowest BCUT2D eigenvalue weighted by Crippen LogP contribution is -2.39. The smallest absolute Gasteiger partial charge is 0.0919 e. The molecule has 0 aromatic carbocycles. The number of hydrogen-bond acceptors (Lipinski definition) is 4. The monoisotopic (exact) mass is 285 g/mol. The van der Waals surface area contributed by atoms with Crippen LogP contribution in [0.5, 0.6) is 0 Å². The van der Waals surface area contributed by atoms with Gasteiger partial charge in [-0.1, -0.05) is 0 Å². The van der Waals surface area contributed by atoms with Crippen LogP contribution in [-0.4, -0.2) is 44.2 Å². The van der Waals surface area contributed by atoms with Crippen LogP contribution >= 0.6 is 0 Å². The van der Waals surface area contributed by atoms with E-state index >= 15 is 0 Å². The summed E-state index contributed by atoms with van der Waals surface area (Å²) in [4.78, 5) is 11.8. The fourth-order valence-electron chi connectivity index (χ4n) is 3.01. The van der Waals surface area contributed by atoms with E-state index in [9.17, 15) is 0 Å². The first-order chi connectivity index (χ1) is 10.1. The van der Waals surface area contributed by atoms with Crippen LogP contribution in [0.4, 0.5) is 0 Å². The van der Waals surface area contributed by atoms with E-state index in [1.165, 1.54) is 19.4 Å². The molecule has 5 nitrogen and oxygen atoms in total. The molecule has 0 saturated carbocycles. The van der Waals surface area contributed by atoms with Crippen LogP contribution in [0.25, 0.3) is 11.3 Å². The predicted molar refractivity (Wildman–Crippen MR) is 83.0 cm³/mol. The lowest BCUT2D eigenvalue weighted by atomic mass is 9.94. The first kappa shape index (κ1) is 14.2. The molecule has 0 unspecified atom stereocenters. The van der Waals surface area contributed by atoms with Gasteiger partial charge in [0.2, 0.25) is 0 Å². The lowest BCUT2D eigenvalue weighted by molar-refractivity contribution is 0.166. The lowest BCUT2D eigenvalue weighted by Gasteiger charge is -2.35. The second-order valence-corrected chi connectivity index (χ2v) is 6.16. The quantitative estimate of drug-likeness (QED) is 0.942. The molecule has 1 atom stereocenters. The van der Waals surface area contributed by atoms with Crippen LogP contribution in [0.15, 0.2) is 18.6 Å². The van der Waals surface area contributed by atoms with Gasteiger partial charge in [-0.3, -0.25) is 15.1 Å². The molecule has 21 heavy (non-hydrogen) atoms. The highest BCUT2D eigenvalue weighted by Crippen LogP contribution is 2.27. The van der Waals surface area contributed by atoms with E-state index in [-0.39, 0.29) is 0 Å². The number of aryl methyl sites for hydroxylation is 1. The Kier molecular flexibility index (Phi) is 4.01. The van der Waals surface area contributed by atoms with Gasteiger partial charge in [0.05, 0.1) is 23.8 Å². The molecule has 1 N–H and O–H groups in total. The van der Waals surface area contributed by atoms with Crippen molar-refractivity contribution < 1.29 is 0 Å². The van der Waals surface area contributed by atoms with E-state index in [4.69, 9.17) is 0 Å². The average Bonchev–Trinajstić information content (AvgIpc) is 2.94. The summed E-state index contributed by atoms with van der Waals surface area (Å²) in [7, 11) is 0. The van der Waals surface area contributed by atoms with E-state index < -0.39 is 0 Å². The Labute approximate surface area is 125 Å². The van der Waals surface area contributed by atoms with Crippen LogP contribution in [0.1, 0.15) is 44.0 Å². The van der Waals surface area contributed by atoms with E-state index in [0.29, 0.717) is 12.0 Å². The van der Waals surface area contributed by atoms with E-state index in [2.05, 4.69) is 38.9 Å². The number of piperidine rings is 1. The normalized spacial score (nSPS) is 20.1. The van der Waals surface area contributed by atoms with Crippen molar-refractivity contribution in [2.75, 3.05) is 13.1 Å². The van der Waals surface area contributed by atoms with Gasteiger partial charge in [0, 0.05) is 36.0 Å². The molecule has 3 rings (SSSR count). The first-order valence-corrected chi connectivity index (χ1v) is 7.71. The van der Waals surface area contributed by atoms with Crippen LogP contribution in [0.2, 0.25) is 0 Å². The number of hydrogen-bond donors (Lipinski definition) is 1. The van der Waals surface area contributed by atoms with Crippen molar-refractivity contribution in [1.29, 1.82) is 0 Å². The predicted octanol–water partition coefficient (Wildman–Crippen LogP) is 2.76. The zero-order valence-electron chi connectivity index (χ0n) is 13.0. The SMILES string of the molecule is Cc1[nH]ncc1-c1cnc([C@H]2CCCN(C(C)C)C2)cn1. The van der Waals surface area contributed by atoms with Crippen molar-refractivity contribution in [3.8, 4) is 11.3 Å². The number of likely N-dealkylation sites (tertiary alicyclic amines) is 1. The zero-order valence-corrected chi connectivity index (χ0v) is 13.0. The Morgan fingerprint density at radius 3 is 2.71 bits per heavy atom. The molecule has 112 valence electrons. The van der Waals surface area contributed by atoms with Gasteiger partial charge in [-0.2, -0.15) is 5.10 Å². The maximum absolute atomic E-state index is 4.66. The highest BCUT2D eigenvalue weighted by molar-refractivity contribution is 5.59. The molecule has 0 amide bonds.